The molecule has 2 aromatic rings. The Balaban J connectivity index is 1.87. The highest BCUT2D eigenvalue weighted by Gasteiger charge is 2.14. The number of anilines is 2. The molecule has 1 aromatic heterocycles. The average Bonchev–Trinajstić information content (AvgIpc) is 2.85. The molecule has 0 saturated carbocycles. The Morgan fingerprint density at radius 3 is 3.00 bits per heavy atom. The molecule has 1 aliphatic carbocycles. The van der Waals surface area contributed by atoms with E-state index in [-0.39, 0.29) is 0 Å². The number of ether oxygens (including phenoxy) is 1. The van der Waals surface area contributed by atoms with Gasteiger partial charge in [0.2, 0.25) is 5.95 Å². The van der Waals surface area contributed by atoms with Crippen molar-refractivity contribution < 1.29 is 4.74 Å². The Bertz CT molecular complexity index is 618. The first-order chi connectivity index (χ1) is 10.3. The van der Waals surface area contributed by atoms with Gasteiger partial charge in [-0.1, -0.05) is 12.1 Å². The molecule has 4 nitrogen and oxygen atoms in total. The second-order valence-corrected chi connectivity index (χ2v) is 5.67. The first kappa shape index (κ1) is 14.1. The third-order valence-electron chi connectivity index (χ3n) is 4.08. The monoisotopic (exact) mass is 285 g/mol. The third-order valence-corrected chi connectivity index (χ3v) is 4.08. The summed E-state index contributed by atoms with van der Waals surface area (Å²) in [5.41, 5.74) is 5.18. The molecule has 1 heterocycles. The van der Waals surface area contributed by atoms with Crippen molar-refractivity contribution in [1.29, 1.82) is 0 Å². The van der Waals surface area contributed by atoms with Gasteiger partial charge in [-0.2, -0.15) is 0 Å². The summed E-state index contributed by atoms with van der Waals surface area (Å²) >= 11 is 0. The molecule has 0 fully saturated rings. The number of nitrogens with zero attached hydrogens (tertiary/aromatic N) is 2. The molecule has 0 unspecified atom stereocenters. The molecule has 21 heavy (non-hydrogen) atoms. The van der Waals surface area contributed by atoms with Gasteiger partial charge < -0.3 is 14.6 Å². The Hall–Kier alpha value is -1.81. The molecule has 0 amide bonds. The van der Waals surface area contributed by atoms with Crippen LogP contribution in [0.3, 0.4) is 0 Å². The smallest absolute Gasteiger partial charge is 0.207 e. The van der Waals surface area contributed by atoms with Crippen molar-refractivity contribution in [2.45, 2.75) is 39.2 Å². The first-order valence-electron chi connectivity index (χ1n) is 7.68. The molecule has 0 aliphatic heterocycles. The molecule has 1 N–H and O–H groups in total. The van der Waals surface area contributed by atoms with Crippen LogP contribution < -0.4 is 5.32 Å². The Morgan fingerprint density at radius 1 is 1.29 bits per heavy atom. The Morgan fingerprint density at radius 2 is 2.14 bits per heavy atom. The zero-order chi connectivity index (χ0) is 14.7. The second kappa shape index (κ2) is 6.31. The maximum absolute atomic E-state index is 5.17. The van der Waals surface area contributed by atoms with E-state index in [1.54, 1.807) is 7.11 Å². The van der Waals surface area contributed by atoms with E-state index in [0.717, 1.165) is 24.6 Å². The van der Waals surface area contributed by atoms with E-state index in [0.29, 0.717) is 6.61 Å². The van der Waals surface area contributed by atoms with Crippen LogP contribution in [-0.4, -0.2) is 23.3 Å². The van der Waals surface area contributed by atoms with Gasteiger partial charge in [-0.3, -0.25) is 0 Å². The van der Waals surface area contributed by atoms with Gasteiger partial charge in [0, 0.05) is 25.5 Å². The predicted octanol–water partition coefficient (Wildman–Crippen LogP) is 3.46. The quantitative estimate of drug-likeness (QED) is 0.914. The van der Waals surface area contributed by atoms with Crippen LogP contribution in [-0.2, 0) is 24.1 Å². The van der Waals surface area contributed by atoms with Crippen LogP contribution in [0.4, 0.5) is 11.6 Å². The fourth-order valence-corrected chi connectivity index (χ4v) is 3.03. The summed E-state index contributed by atoms with van der Waals surface area (Å²) in [7, 11) is 1.73. The highest BCUT2D eigenvalue weighted by Crippen LogP contribution is 2.29. The maximum atomic E-state index is 5.17. The van der Waals surface area contributed by atoms with Crippen LogP contribution in [0.25, 0.3) is 0 Å². The molecule has 1 aliphatic rings. The summed E-state index contributed by atoms with van der Waals surface area (Å²) in [5, 5.41) is 3.53. The standard InChI is InChI=1S/C17H23N3O/c1-13-12-20(10-11-21-2)17(18-13)19-16-9-5-7-14-6-3-4-8-15(14)16/h5,7,9,12H,3-4,6,8,10-11H2,1-2H3,(H,18,19). The number of hydrogen-bond donors (Lipinski definition) is 1. The van der Waals surface area contributed by atoms with E-state index in [4.69, 9.17) is 4.74 Å². The fraction of sp³-hybridized carbons (Fsp3) is 0.471. The van der Waals surface area contributed by atoms with Crippen molar-refractivity contribution >= 4 is 11.6 Å². The molecule has 0 saturated heterocycles. The number of rotatable bonds is 5. The molecule has 0 bridgehead atoms. The van der Waals surface area contributed by atoms with E-state index in [1.165, 1.54) is 36.1 Å². The highest BCUT2D eigenvalue weighted by atomic mass is 16.5. The normalized spacial score (nSPS) is 14.0. The summed E-state index contributed by atoms with van der Waals surface area (Å²) in [6, 6.07) is 6.55. The zero-order valence-corrected chi connectivity index (χ0v) is 12.9. The minimum atomic E-state index is 0.692. The summed E-state index contributed by atoms with van der Waals surface area (Å²) in [6.45, 7) is 3.53. The minimum Gasteiger partial charge on any atom is -0.383 e. The van der Waals surface area contributed by atoms with E-state index in [1.807, 2.05) is 6.92 Å². The number of aryl methyl sites for hydroxylation is 2. The van der Waals surface area contributed by atoms with Crippen LogP contribution in [0.15, 0.2) is 24.4 Å². The van der Waals surface area contributed by atoms with Crippen LogP contribution in [0.5, 0.6) is 0 Å². The largest absolute Gasteiger partial charge is 0.383 e. The molecule has 0 spiro atoms. The summed E-state index contributed by atoms with van der Waals surface area (Å²) in [6.07, 6.45) is 7.01. The highest BCUT2D eigenvalue weighted by molar-refractivity contribution is 5.61. The van der Waals surface area contributed by atoms with Crippen molar-refractivity contribution in [3.05, 3.63) is 41.2 Å². The van der Waals surface area contributed by atoms with Crippen LogP contribution in [0, 0.1) is 6.92 Å². The number of imidazole rings is 1. The van der Waals surface area contributed by atoms with Gasteiger partial charge in [0.05, 0.1) is 12.3 Å². The van der Waals surface area contributed by atoms with E-state index < -0.39 is 0 Å². The van der Waals surface area contributed by atoms with Crippen molar-refractivity contribution in [2.75, 3.05) is 19.0 Å². The van der Waals surface area contributed by atoms with E-state index in [2.05, 4.69) is 39.3 Å². The van der Waals surface area contributed by atoms with Crippen molar-refractivity contribution in [3.8, 4) is 0 Å². The lowest BCUT2D eigenvalue weighted by atomic mass is 9.90. The lowest BCUT2D eigenvalue weighted by Gasteiger charge is -2.20. The minimum absolute atomic E-state index is 0.692. The Kier molecular flexibility index (Phi) is 4.25. The van der Waals surface area contributed by atoms with Crippen molar-refractivity contribution in [2.24, 2.45) is 0 Å². The van der Waals surface area contributed by atoms with Gasteiger partial charge in [-0.05, 0) is 49.8 Å². The molecule has 0 radical (unpaired) electrons. The van der Waals surface area contributed by atoms with Gasteiger partial charge in [-0.25, -0.2) is 4.98 Å². The molecular weight excluding hydrogens is 262 g/mol. The zero-order valence-electron chi connectivity index (χ0n) is 12.9. The number of nitrogens with one attached hydrogen (secondary N) is 1. The fourth-order valence-electron chi connectivity index (χ4n) is 3.03. The van der Waals surface area contributed by atoms with Crippen molar-refractivity contribution in [3.63, 3.8) is 0 Å². The topological polar surface area (TPSA) is 39.1 Å². The lowest BCUT2D eigenvalue weighted by Crippen LogP contribution is -2.10. The average molecular weight is 285 g/mol. The van der Waals surface area contributed by atoms with Crippen LogP contribution >= 0.6 is 0 Å². The molecule has 3 rings (SSSR count). The molecule has 1 aromatic carbocycles. The SMILES string of the molecule is COCCn1cc(C)nc1Nc1cccc2c1CCCC2. The maximum Gasteiger partial charge on any atom is 0.207 e. The lowest BCUT2D eigenvalue weighted by molar-refractivity contribution is 0.188. The predicted molar refractivity (Wildman–Crippen MR) is 85.2 cm³/mol. The molecular formula is C17H23N3O. The van der Waals surface area contributed by atoms with Gasteiger partial charge in [0.1, 0.15) is 0 Å². The van der Waals surface area contributed by atoms with Crippen LogP contribution in [0.1, 0.15) is 29.7 Å². The number of aromatic nitrogens is 2. The summed E-state index contributed by atoms with van der Waals surface area (Å²) in [4.78, 5) is 4.60. The molecule has 4 heteroatoms. The third kappa shape index (κ3) is 3.10. The van der Waals surface area contributed by atoms with Crippen molar-refractivity contribution in [1.82, 2.24) is 9.55 Å². The second-order valence-electron chi connectivity index (χ2n) is 5.67. The van der Waals surface area contributed by atoms with Gasteiger partial charge >= 0.3 is 0 Å². The van der Waals surface area contributed by atoms with Gasteiger partial charge in [0.15, 0.2) is 0 Å². The molecule has 112 valence electrons. The summed E-state index contributed by atoms with van der Waals surface area (Å²) in [5.74, 6) is 0.906. The summed E-state index contributed by atoms with van der Waals surface area (Å²) < 4.78 is 7.30. The van der Waals surface area contributed by atoms with E-state index in [9.17, 15) is 0 Å². The van der Waals surface area contributed by atoms with Gasteiger partial charge in [-0.15, -0.1) is 0 Å². The molecule has 0 atom stereocenters. The number of fused-ring (bicyclic) bond motifs is 1. The van der Waals surface area contributed by atoms with E-state index >= 15 is 0 Å². The Labute approximate surface area is 126 Å². The first-order valence-corrected chi connectivity index (χ1v) is 7.68. The van der Waals surface area contributed by atoms with Gasteiger partial charge in [0.25, 0.3) is 0 Å². The number of hydrogen-bond acceptors (Lipinski definition) is 3. The number of benzene rings is 1. The van der Waals surface area contributed by atoms with Crippen LogP contribution in [0.2, 0.25) is 0 Å². The number of methoxy groups -OCH3 is 1.